The number of rotatable bonds is 6. The molecule has 0 spiro atoms. The lowest BCUT2D eigenvalue weighted by atomic mass is 10.1. The molecule has 1 amide bonds. The summed E-state index contributed by atoms with van der Waals surface area (Å²) in [6, 6.07) is 14.2. The number of Topliss-reactive ketones (excluding diaryl/α,β-unsaturated/α-hetero) is 1. The van der Waals surface area contributed by atoms with Gasteiger partial charge in [-0.3, -0.25) is 19.7 Å². The van der Waals surface area contributed by atoms with Crippen LogP contribution in [0.4, 0.5) is 20.2 Å². The minimum atomic E-state index is -0.548. The Kier molecular flexibility index (Phi) is 7.11. The molecule has 3 aromatic rings. The zero-order chi connectivity index (χ0) is 25.1. The molecule has 1 aliphatic heterocycles. The number of nitro benzene ring substituents is 1. The molecule has 4 rings (SSSR count). The van der Waals surface area contributed by atoms with E-state index in [2.05, 4.69) is 0 Å². The van der Waals surface area contributed by atoms with Crippen LogP contribution in [0.2, 0.25) is 0 Å². The molecule has 1 heterocycles. The number of hydrogen-bond acceptors (Lipinski definition) is 6. The first-order valence-electron chi connectivity index (χ1n) is 10.8. The van der Waals surface area contributed by atoms with Crippen molar-refractivity contribution in [2.24, 2.45) is 0 Å². The van der Waals surface area contributed by atoms with E-state index in [9.17, 15) is 28.5 Å². The molecular weight excluding hydrogens is 476 g/mol. The van der Waals surface area contributed by atoms with Gasteiger partial charge < -0.3 is 9.80 Å². The van der Waals surface area contributed by atoms with Crippen LogP contribution in [-0.4, -0.2) is 47.7 Å². The van der Waals surface area contributed by atoms with Crippen LogP contribution in [0.5, 0.6) is 0 Å². The fourth-order valence-corrected chi connectivity index (χ4v) is 4.72. The van der Waals surface area contributed by atoms with Crippen LogP contribution >= 0.6 is 11.8 Å². The first-order valence-corrected chi connectivity index (χ1v) is 11.6. The van der Waals surface area contributed by atoms with Crippen LogP contribution in [0, 0.1) is 21.7 Å². The van der Waals surface area contributed by atoms with Gasteiger partial charge in [-0.1, -0.05) is 11.8 Å². The Morgan fingerprint density at radius 3 is 2.17 bits per heavy atom. The number of carbonyl (C=O) groups is 2. The normalized spacial score (nSPS) is 13.6. The number of halogens is 2. The first kappa shape index (κ1) is 24.3. The Morgan fingerprint density at radius 1 is 0.914 bits per heavy atom. The molecule has 1 fully saturated rings. The zero-order valence-electron chi connectivity index (χ0n) is 18.7. The smallest absolute Gasteiger partial charge is 0.284 e. The number of piperazine rings is 1. The molecule has 0 unspecified atom stereocenters. The molecule has 10 heteroatoms. The summed E-state index contributed by atoms with van der Waals surface area (Å²) in [6.07, 6.45) is 0. The summed E-state index contributed by atoms with van der Waals surface area (Å²) >= 11 is 1.11. The third kappa shape index (κ3) is 5.48. The molecule has 0 bridgehead atoms. The van der Waals surface area contributed by atoms with Crippen molar-refractivity contribution in [2.75, 3.05) is 31.1 Å². The highest BCUT2D eigenvalue weighted by molar-refractivity contribution is 7.99. The molecule has 1 aliphatic rings. The maximum atomic E-state index is 14.5. The van der Waals surface area contributed by atoms with Crippen LogP contribution in [0.25, 0.3) is 0 Å². The fraction of sp³-hybridized carbons (Fsp3) is 0.200. The van der Waals surface area contributed by atoms with Crippen molar-refractivity contribution in [3.63, 3.8) is 0 Å². The Bertz CT molecular complexity index is 1290. The van der Waals surface area contributed by atoms with Crippen molar-refractivity contribution >= 4 is 34.8 Å². The van der Waals surface area contributed by atoms with Crippen molar-refractivity contribution in [3.05, 3.63) is 93.5 Å². The predicted octanol–water partition coefficient (Wildman–Crippen LogP) is 5.19. The summed E-state index contributed by atoms with van der Waals surface area (Å²) in [5.74, 6) is -1.47. The Labute approximate surface area is 204 Å². The molecule has 0 aliphatic carbocycles. The molecule has 0 N–H and O–H groups in total. The maximum Gasteiger partial charge on any atom is 0.284 e. The van der Waals surface area contributed by atoms with Gasteiger partial charge >= 0.3 is 0 Å². The van der Waals surface area contributed by atoms with Crippen molar-refractivity contribution in [2.45, 2.75) is 16.7 Å². The van der Waals surface area contributed by atoms with Gasteiger partial charge in [0.15, 0.2) is 5.78 Å². The number of benzene rings is 3. The van der Waals surface area contributed by atoms with Crippen molar-refractivity contribution in [1.29, 1.82) is 0 Å². The molecule has 3 aromatic carbocycles. The van der Waals surface area contributed by atoms with Gasteiger partial charge in [-0.05, 0) is 61.5 Å². The number of ketones is 1. The molecule has 35 heavy (non-hydrogen) atoms. The summed E-state index contributed by atoms with van der Waals surface area (Å²) in [4.78, 5) is 39.9. The van der Waals surface area contributed by atoms with Gasteiger partial charge in [0.25, 0.3) is 11.6 Å². The maximum absolute atomic E-state index is 14.5. The van der Waals surface area contributed by atoms with Gasteiger partial charge in [-0.15, -0.1) is 0 Å². The summed E-state index contributed by atoms with van der Waals surface area (Å²) in [6.45, 7) is 2.75. The molecule has 1 saturated heterocycles. The van der Waals surface area contributed by atoms with Gasteiger partial charge in [-0.2, -0.15) is 0 Å². The zero-order valence-corrected chi connectivity index (χ0v) is 19.6. The topological polar surface area (TPSA) is 83.8 Å². The minimum absolute atomic E-state index is 0.186. The monoisotopic (exact) mass is 497 g/mol. The molecule has 180 valence electrons. The molecule has 0 saturated carbocycles. The molecule has 0 aromatic heterocycles. The summed E-state index contributed by atoms with van der Waals surface area (Å²) in [5, 5.41) is 11.7. The summed E-state index contributed by atoms with van der Waals surface area (Å²) < 4.78 is 27.6. The van der Waals surface area contributed by atoms with Gasteiger partial charge in [0.05, 0.1) is 15.5 Å². The highest BCUT2D eigenvalue weighted by atomic mass is 32.2. The van der Waals surface area contributed by atoms with Crippen LogP contribution in [0.1, 0.15) is 27.6 Å². The predicted molar refractivity (Wildman–Crippen MR) is 128 cm³/mol. The number of amides is 1. The van der Waals surface area contributed by atoms with Crippen LogP contribution in [-0.2, 0) is 0 Å². The molecule has 7 nitrogen and oxygen atoms in total. The van der Waals surface area contributed by atoms with E-state index in [1.54, 1.807) is 21.9 Å². The largest absolute Gasteiger partial charge is 0.366 e. The van der Waals surface area contributed by atoms with E-state index in [0.717, 1.165) is 11.8 Å². The lowest BCUT2D eigenvalue weighted by molar-refractivity contribution is -0.387. The van der Waals surface area contributed by atoms with Crippen molar-refractivity contribution in [3.8, 4) is 0 Å². The first-order chi connectivity index (χ1) is 16.7. The van der Waals surface area contributed by atoms with Crippen LogP contribution < -0.4 is 4.90 Å². The second kappa shape index (κ2) is 10.2. The fourth-order valence-electron chi connectivity index (χ4n) is 3.82. The second-order valence-electron chi connectivity index (χ2n) is 8.00. The van der Waals surface area contributed by atoms with E-state index in [-0.39, 0.29) is 22.9 Å². The van der Waals surface area contributed by atoms with Gasteiger partial charge in [-0.25, -0.2) is 8.78 Å². The van der Waals surface area contributed by atoms with Gasteiger partial charge in [0.1, 0.15) is 11.6 Å². The van der Waals surface area contributed by atoms with E-state index in [0.29, 0.717) is 47.2 Å². The van der Waals surface area contributed by atoms with E-state index in [1.165, 1.54) is 55.5 Å². The molecule has 0 radical (unpaired) electrons. The Morgan fingerprint density at radius 2 is 1.57 bits per heavy atom. The third-order valence-electron chi connectivity index (χ3n) is 5.71. The summed E-state index contributed by atoms with van der Waals surface area (Å²) in [7, 11) is 0. The summed E-state index contributed by atoms with van der Waals surface area (Å²) in [5.41, 5.74) is 0.629. The number of anilines is 1. The number of carbonyl (C=O) groups excluding carboxylic acids is 2. The van der Waals surface area contributed by atoms with E-state index >= 15 is 0 Å². The van der Waals surface area contributed by atoms with Crippen molar-refractivity contribution in [1.82, 2.24) is 4.90 Å². The van der Waals surface area contributed by atoms with Gasteiger partial charge in [0, 0.05) is 48.3 Å². The second-order valence-corrected chi connectivity index (χ2v) is 9.11. The molecular formula is C25H21F2N3O4S. The van der Waals surface area contributed by atoms with E-state index < -0.39 is 16.6 Å². The van der Waals surface area contributed by atoms with E-state index in [4.69, 9.17) is 0 Å². The highest BCUT2D eigenvalue weighted by Crippen LogP contribution is 2.35. The molecule has 0 atom stereocenters. The van der Waals surface area contributed by atoms with Gasteiger partial charge in [0.2, 0.25) is 0 Å². The standard InChI is InChI=1S/C25H21F2N3O4S/c1-16(31)17-2-8-22(21(27)14-17)28-10-12-29(13-11-28)25(32)18-3-9-24(23(15-18)30(33)34)35-20-6-4-19(26)5-7-20/h2-9,14-15H,10-13H2,1H3. The van der Waals surface area contributed by atoms with Crippen LogP contribution in [0.15, 0.2) is 70.5 Å². The average molecular weight is 498 g/mol. The third-order valence-corrected chi connectivity index (χ3v) is 6.78. The lowest BCUT2D eigenvalue weighted by Crippen LogP contribution is -2.49. The average Bonchev–Trinajstić information content (AvgIpc) is 2.85. The van der Waals surface area contributed by atoms with E-state index in [1.807, 2.05) is 0 Å². The van der Waals surface area contributed by atoms with Crippen LogP contribution in [0.3, 0.4) is 0 Å². The minimum Gasteiger partial charge on any atom is -0.366 e. The highest BCUT2D eigenvalue weighted by Gasteiger charge is 2.26. The number of nitrogens with zero attached hydrogens (tertiary/aromatic N) is 3. The number of hydrogen-bond donors (Lipinski definition) is 0. The quantitative estimate of drug-likeness (QED) is 0.265. The van der Waals surface area contributed by atoms with Crippen molar-refractivity contribution < 1.29 is 23.3 Å². The SMILES string of the molecule is CC(=O)c1ccc(N2CCN(C(=O)c3ccc(Sc4ccc(F)cc4)c([N+](=O)[O-])c3)CC2)c(F)c1. The number of nitro groups is 1. The lowest BCUT2D eigenvalue weighted by Gasteiger charge is -2.36. The Balaban J connectivity index is 1.46. The Hall–Kier alpha value is -3.79.